The molecule has 0 aliphatic carbocycles. The summed E-state index contributed by atoms with van der Waals surface area (Å²) in [5, 5.41) is 0. The van der Waals surface area contributed by atoms with Gasteiger partial charge in [0.15, 0.2) is 0 Å². The van der Waals surface area contributed by atoms with Crippen molar-refractivity contribution in [3.63, 3.8) is 0 Å². The fourth-order valence-corrected chi connectivity index (χ4v) is 2.46. The molecular weight excluding hydrogens is 206 g/mol. The van der Waals surface area contributed by atoms with Crippen LogP contribution in [0.3, 0.4) is 0 Å². The molecule has 1 saturated heterocycles. The molecule has 0 N–H and O–H groups in total. The van der Waals surface area contributed by atoms with Crippen LogP contribution in [0.5, 0.6) is 0 Å². The molecular formula is C16H21N. The first-order valence-electron chi connectivity index (χ1n) is 6.47. The fraction of sp³-hybridized carbons (Fsp3) is 0.375. The second-order valence-corrected chi connectivity index (χ2v) is 4.64. The van der Waals surface area contributed by atoms with Gasteiger partial charge in [-0.2, -0.15) is 0 Å². The minimum absolute atomic E-state index is 0.585. The van der Waals surface area contributed by atoms with Gasteiger partial charge in [-0.15, -0.1) is 0 Å². The van der Waals surface area contributed by atoms with E-state index in [2.05, 4.69) is 54.0 Å². The van der Waals surface area contributed by atoms with Crippen LogP contribution in [0.4, 0.5) is 0 Å². The number of benzene rings is 1. The summed E-state index contributed by atoms with van der Waals surface area (Å²) in [7, 11) is 0. The monoisotopic (exact) mass is 227 g/mol. The van der Waals surface area contributed by atoms with E-state index < -0.39 is 0 Å². The van der Waals surface area contributed by atoms with Gasteiger partial charge in [0.1, 0.15) is 0 Å². The van der Waals surface area contributed by atoms with E-state index in [1.165, 1.54) is 31.4 Å². The second-order valence-electron chi connectivity index (χ2n) is 4.64. The highest BCUT2D eigenvalue weighted by atomic mass is 15.2. The molecule has 0 saturated carbocycles. The normalized spacial score (nSPS) is 21.8. The third kappa shape index (κ3) is 3.57. The Bertz CT molecular complexity index is 366. The van der Waals surface area contributed by atoms with E-state index >= 15 is 0 Å². The van der Waals surface area contributed by atoms with E-state index in [0.29, 0.717) is 6.04 Å². The maximum atomic E-state index is 3.75. The number of nitrogens with zero attached hydrogens (tertiary/aromatic N) is 1. The summed E-state index contributed by atoms with van der Waals surface area (Å²) in [6.07, 6.45) is 10.2. The molecule has 0 amide bonds. The molecule has 17 heavy (non-hydrogen) atoms. The largest absolute Gasteiger partial charge is 0.293 e. The predicted molar refractivity (Wildman–Crippen MR) is 73.8 cm³/mol. The van der Waals surface area contributed by atoms with Gasteiger partial charge >= 0.3 is 0 Å². The van der Waals surface area contributed by atoms with Gasteiger partial charge in [-0.25, -0.2) is 0 Å². The van der Waals surface area contributed by atoms with Gasteiger partial charge in [-0.3, -0.25) is 4.90 Å². The van der Waals surface area contributed by atoms with Crippen LogP contribution >= 0.6 is 0 Å². The summed E-state index contributed by atoms with van der Waals surface area (Å²) < 4.78 is 0. The molecule has 0 radical (unpaired) electrons. The van der Waals surface area contributed by atoms with Gasteiger partial charge in [-0.1, -0.05) is 61.6 Å². The van der Waals surface area contributed by atoms with E-state index in [1.54, 1.807) is 0 Å². The standard InChI is InChI=1S/C16H21N/c1-2-3-11-16-12-7-8-13-17(16)14-15-9-5-4-6-10-15/h2-6,9-11,16H,1,7-8,12-14H2/b11-3+. The molecule has 1 aliphatic heterocycles. The average Bonchev–Trinajstić information content (AvgIpc) is 2.39. The average molecular weight is 227 g/mol. The van der Waals surface area contributed by atoms with Crippen molar-refractivity contribution in [1.29, 1.82) is 0 Å². The van der Waals surface area contributed by atoms with Crippen molar-refractivity contribution in [2.75, 3.05) is 6.54 Å². The third-order valence-corrected chi connectivity index (χ3v) is 3.36. The number of piperidine rings is 1. The molecule has 1 heterocycles. The maximum Gasteiger partial charge on any atom is 0.0284 e. The van der Waals surface area contributed by atoms with Gasteiger partial charge in [-0.05, 0) is 24.9 Å². The summed E-state index contributed by atoms with van der Waals surface area (Å²) in [6, 6.07) is 11.3. The topological polar surface area (TPSA) is 3.24 Å². The summed E-state index contributed by atoms with van der Waals surface area (Å²) in [5.74, 6) is 0. The first kappa shape index (κ1) is 12.1. The van der Waals surface area contributed by atoms with Crippen LogP contribution in [-0.2, 0) is 6.54 Å². The maximum absolute atomic E-state index is 3.75. The molecule has 1 nitrogen and oxygen atoms in total. The Balaban J connectivity index is 2.01. The zero-order valence-corrected chi connectivity index (χ0v) is 10.4. The summed E-state index contributed by atoms with van der Waals surface area (Å²) in [6.45, 7) is 6.02. The van der Waals surface area contributed by atoms with Gasteiger partial charge in [0.2, 0.25) is 0 Å². The molecule has 1 atom stereocenters. The zero-order chi connectivity index (χ0) is 11.9. The van der Waals surface area contributed by atoms with Crippen molar-refractivity contribution < 1.29 is 0 Å². The molecule has 90 valence electrons. The van der Waals surface area contributed by atoms with Gasteiger partial charge < -0.3 is 0 Å². The van der Waals surface area contributed by atoms with Crippen molar-refractivity contribution in [3.8, 4) is 0 Å². The number of likely N-dealkylation sites (tertiary alicyclic amines) is 1. The molecule has 0 spiro atoms. The van der Waals surface area contributed by atoms with Crippen LogP contribution < -0.4 is 0 Å². The first-order valence-corrected chi connectivity index (χ1v) is 6.47. The molecule has 0 aromatic heterocycles. The Hall–Kier alpha value is -1.34. The predicted octanol–water partition coefficient (Wildman–Crippen LogP) is 3.78. The Morgan fingerprint density at radius 1 is 1.24 bits per heavy atom. The van der Waals surface area contributed by atoms with Crippen LogP contribution in [0.2, 0.25) is 0 Å². The molecule has 1 unspecified atom stereocenters. The fourth-order valence-electron chi connectivity index (χ4n) is 2.46. The Labute approximate surface area is 104 Å². The number of allylic oxidation sites excluding steroid dienone is 2. The van der Waals surface area contributed by atoms with Gasteiger partial charge in [0, 0.05) is 12.6 Å². The lowest BCUT2D eigenvalue weighted by Crippen LogP contribution is -2.37. The molecule has 0 bridgehead atoms. The molecule has 1 aliphatic rings. The van der Waals surface area contributed by atoms with Crippen molar-refractivity contribution in [3.05, 3.63) is 60.7 Å². The van der Waals surface area contributed by atoms with Crippen LogP contribution in [0.15, 0.2) is 55.1 Å². The highest BCUT2D eigenvalue weighted by Gasteiger charge is 2.19. The zero-order valence-electron chi connectivity index (χ0n) is 10.4. The van der Waals surface area contributed by atoms with Crippen molar-refractivity contribution in [2.24, 2.45) is 0 Å². The van der Waals surface area contributed by atoms with Crippen molar-refractivity contribution in [1.82, 2.24) is 4.90 Å². The van der Waals surface area contributed by atoms with Crippen LogP contribution in [0, 0.1) is 0 Å². The van der Waals surface area contributed by atoms with Crippen LogP contribution in [0.1, 0.15) is 24.8 Å². The number of rotatable bonds is 4. The lowest BCUT2D eigenvalue weighted by Gasteiger charge is -2.34. The smallest absolute Gasteiger partial charge is 0.0284 e. The minimum Gasteiger partial charge on any atom is -0.293 e. The minimum atomic E-state index is 0.585. The number of hydrogen-bond donors (Lipinski definition) is 0. The van der Waals surface area contributed by atoms with Gasteiger partial charge in [0.25, 0.3) is 0 Å². The molecule has 1 aromatic carbocycles. The van der Waals surface area contributed by atoms with Crippen LogP contribution in [0.25, 0.3) is 0 Å². The first-order chi connectivity index (χ1) is 8.40. The summed E-state index contributed by atoms with van der Waals surface area (Å²) in [4.78, 5) is 2.57. The molecule has 2 rings (SSSR count). The Kier molecular flexibility index (Phi) is 4.57. The van der Waals surface area contributed by atoms with E-state index in [9.17, 15) is 0 Å². The lowest BCUT2D eigenvalue weighted by atomic mass is 10.0. The van der Waals surface area contributed by atoms with Gasteiger partial charge in [0.05, 0.1) is 0 Å². The molecule has 1 heteroatoms. The van der Waals surface area contributed by atoms with E-state index in [1.807, 2.05) is 6.08 Å². The Morgan fingerprint density at radius 2 is 2.06 bits per heavy atom. The van der Waals surface area contributed by atoms with Crippen LogP contribution in [-0.4, -0.2) is 17.5 Å². The SMILES string of the molecule is C=C/C=C/C1CCCCN1Cc1ccccc1. The molecule has 1 fully saturated rings. The van der Waals surface area contributed by atoms with Crippen molar-refractivity contribution >= 4 is 0 Å². The lowest BCUT2D eigenvalue weighted by molar-refractivity contribution is 0.172. The third-order valence-electron chi connectivity index (χ3n) is 3.36. The quantitative estimate of drug-likeness (QED) is 0.707. The van der Waals surface area contributed by atoms with E-state index in [-0.39, 0.29) is 0 Å². The van der Waals surface area contributed by atoms with Crippen molar-refractivity contribution in [2.45, 2.75) is 31.8 Å². The van der Waals surface area contributed by atoms with E-state index in [0.717, 1.165) is 6.54 Å². The highest BCUT2D eigenvalue weighted by Crippen LogP contribution is 2.20. The number of hydrogen-bond acceptors (Lipinski definition) is 1. The highest BCUT2D eigenvalue weighted by molar-refractivity contribution is 5.15. The van der Waals surface area contributed by atoms with E-state index in [4.69, 9.17) is 0 Å². The summed E-state index contributed by atoms with van der Waals surface area (Å²) >= 11 is 0. The Morgan fingerprint density at radius 3 is 2.82 bits per heavy atom. The second kappa shape index (κ2) is 6.41. The summed E-state index contributed by atoms with van der Waals surface area (Å²) in [5.41, 5.74) is 1.41. The molecule has 1 aromatic rings.